The van der Waals surface area contributed by atoms with Crippen molar-refractivity contribution < 1.29 is 19.5 Å². The molecular formula is C58H67ClN10O5S. The van der Waals surface area contributed by atoms with E-state index >= 15 is 0 Å². The summed E-state index contributed by atoms with van der Waals surface area (Å²) in [4.78, 5) is 71.1. The minimum Gasteiger partial charge on any atom is -0.391 e. The number of hydrogen-bond acceptors (Lipinski definition) is 11. The first-order valence-electron chi connectivity index (χ1n) is 27.5. The van der Waals surface area contributed by atoms with E-state index < -0.39 is 12.1 Å². The Labute approximate surface area is 446 Å². The number of β-amino-alcohol motifs (C(OH)–C–C–N with tert-alkyl or cyclic N) is 1. The topological polar surface area (TPSA) is 183 Å². The van der Waals surface area contributed by atoms with E-state index in [0.717, 1.165) is 134 Å². The highest BCUT2D eigenvalue weighted by Crippen LogP contribution is 2.56. The average molecular weight is 1050 g/mol. The van der Waals surface area contributed by atoms with Crippen molar-refractivity contribution >= 4 is 51.6 Å². The molecule has 3 amide bonds. The molecule has 5 fully saturated rings. The first kappa shape index (κ1) is 50.0. The molecule has 0 bridgehead atoms. The lowest BCUT2D eigenvalue weighted by atomic mass is 9.69. The number of aliphatic hydroxyl groups excluding tert-OH is 1. The van der Waals surface area contributed by atoms with Gasteiger partial charge in [0.05, 0.1) is 67.1 Å². The van der Waals surface area contributed by atoms with Crippen LogP contribution in [0.25, 0.3) is 27.0 Å². The Bertz CT molecular complexity index is 3170. The molecule has 6 aliphatic rings. The van der Waals surface area contributed by atoms with Crippen LogP contribution in [0.1, 0.15) is 160 Å². The number of nitrogens with zero attached hydrogens (tertiary/aromatic N) is 8. The van der Waals surface area contributed by atoms with Crippen molar-refractivity contribution in [3.8, 4) is 16.1 Å². The molecule has 392 valence electrons. The van der Waals surface area contributed by atoms with Crippen LogP contribution in [0.5, 0.6) is 0 Å². The Morgan fingerprint density at radius 1 is 0.933 bits per heavy atom. The molecule has 12 rings (SSSR count). The fourth-order valence-corrected chi connectivity index (χ4v) is 14.7. The Hall–Kier alpha value is -5.81. The van der Waals surface area contributed by atoms with Crippen LogP contribution >= 0.6 is 22.9 Å². The second kappa shape index (κ2) is 20.6. The molecule has 2 saturated carbocycles. The zero-order valence-corrected chi connectivity index (χ0v) is 44.6. The number of hydrogen-bond donors (Lipinski definition) is 3. The van der Waals surface area contributed by atoms with Crippen molar-refractivity contribution in [1.82, 2.24) is 50.0 Å². The van der Waals surface area contributed by atoms with Gasteiger partial charge in [0, 0.05) is 44.8 Å². The first-order chi connectivity index (χ1) is 36.4. The Morgan fingerprint density at radius 2 is 1.72 bits per heavy atom. The van der Waals surface area contributed by atoms with Gasteiger partial charge in [-0.25, -0.2) is 4.98 Å². The number of rotatable bonds is 13. The van der Waals surface area contributed by atoms with Gasteiger partial charge in [-0.05, 0) is 149 Å². The largest absolute Gasteiger partial charge is 0.391 e. The third-order valence-corrected chi connectivity index (χ3v) is 19.2. The molecule has 7 heterocycles. The van der Waals surface area contributed by atoms with Crippen LogP contribution in [-0.2, 0) is 19.8 Å². The number of nitrogens with one attached hydrogen (secondary N) is 2. The molecule has 2 unspecified atom stereocenters. The van der Waals surface area contributed by atoms with Crippen molar-refractivity contribution in [2.75, 3.05) is 39.3 Å². The fraction of sp³-hybridized carbons (Fsp3) is 0.517. The molecule has 2 aliphatic carbocycles. The molecule has 3 aromatic carbocycles. The van der Waals surface area contributed by atoms with E-state index in [-0.39, 0.29) is 65.5 Å². The molecule has 1 spiro atoms. The van der Waals surface area contributed by atoms with Crippen LogP contribution in [-0.4, -0.2) is 119 Å². The fourth-order valence-electron chi connectivity index (χ4n) is 13.6. The van der Waals surface area contributed by atoms with Crippen molar-refractivity contribution in [3.63, 3.8) is 0 Å². The van der Waals surface area contributed by atoms with Gasteiger partial charge in [0.2, 0.25) is 17.7 Å². The third-order valence-electron chi connectivity index (χ3n) is 17.9. The van der Waals surface area contributed by atoms with Crippen molar-refractivity contribution in [2.24, 2.45) is 5.92 Å². The van der Waals surface area contributed by atoms with Crippen LogP contribution < -0.4 is 10.9 Å². The van der Waals surface area contributed by atoms with E-state index in [9.17, 15) is 24.3 Å². The molecular weight excluding hydrogens is 984 g/mol. The number of fused-ring (bicyclic) bond motifs is 7. The summed E-state index contributed by atoms with van der Waals surface area (Å²) >= 11 is 8.63. The van der Waals surface area contributed by atoms with Crippen molar-refractivity contribution in [3.05, 3.63) is 121 Å². The van der Waals surface area contributed by atoms with E-state index in [0.29, 0.717) is 42.3 Å². The van der Waals surface area contributed by atoms with Gasteiger partial charge in [0.15, 0.2) is 0 Å². The van der Waals surface area contributed by atoms with Crippen LogP contribution in [0.4, 0.5) is 0 Å². The number of H-pyrrole nitrogens is 1. The number of aryl methyl sites for hydroxylation is 1. The molecule has 15 nitrogen and oxygen atoms in total. The van der Waals surface area contributed by atoms with E-state index in [2.05, 4.69) is 59.4 Å². The molecule has 75 heavy (non-hydrogen) atoms. The summed E-state index contributed by atoms with van der Waals surface area (Å²) in [6.45, 7) is 8.15. The molecule has 6 aromatic rings. The maximum atomic E-state index is 13.9. The minimum absolute atomic E-state index is 0.109. The number of amides is 3. The predicted molar refractivity (Wildman–Crippen MR) is 289 cm³/mol. The highest BCUT2D eigenvalue weighted by Gasteiger charge is 2.48. The summed E-state index contributed by atoms with van der Waals surface area (Å²) in [5, 5.41) is 25.8. The summed E-state index contributed by atoms with van der Waals surface area (Å²) in [5.41, 5.74) is 11.0. The van der Waals surface area contributed by atoms with Gasteiger partial charge in [-0.1, -0.05) is 67.3 Å². The molecule has 4 aliphatic heterocycles. The smallest absolute Gasteiger partial charge is 0.282 e. The van der Waals surface area contributed by atoms with Gasteiger partial charge in [-0.2, -0.15) is 20.4 Å². The van der Waals surface area contributed by atoms with Gasteiger partial charge < -0.3 is 25.1 Å². The van der Waals surface area contributed by atoms with Crippen LogP contribution in [0, 0.1) is 12.8 Å². The lowest BCUT2D eigenvalue weighted by Gasteiger charge is -2.34. The standard InChI is InChI=1S/C58H67ClN10O5S/c1-34(37-8-10-39(11-9-37)54-35(2)60-33-75-54)62-55(73)50-29-42(70)32-68(50)52(72)25-36-14-23-67(24-15-36)51(71)7-6-20-66-21-16-38(17-22-66)40-12-13-45-48(27-40)69-49-28-41(43-30-44(43)47-31-61-65-64-47)26-46(59)53(49)56(74)63-57(69)58(45)18-4-3-5-19-58/h8-13,26-28,31,33-34,36,38,42-44,50,70H,3-7,14-25,29-30,32H2,1-2H3,(H,62,73)(H,61,64,65)/t34-,42+,43?,44?,50-/m0/s1. The minimum atomic E-state index is -0.747. The zero-order valence-electron chi connectivity index (χ0n) is 43.0. The maximum absolute atomic E-state index is 13.9. The molecule has 17 heteroatoms. The SMILES string of the molecule is Cc1ncsc1-c1ccc([C@H](C)NC(=O)[C@@H]2C[C@@H](O)CN2C(=O)CC2CCN(C(=O)CCCN3CCC(c4ccc5c(c4)-n4c(nc(=O)c6c(Cl)cc(C7CC7c7cn[nH]n7)cc64)C54CCCCC4)CC3)CC2)cc1. The highest BCUT2D eigenvalue weighted by atomic mass is 35.5. The number of aromatic nitrogens is 6. The van der Waals surface area contributed by atoms with Gasteiger partial charge in [0.25, 0.3) is 5.56 Å². The number of carbonyl (C=O) groups is 3. The summed E-state index contributed by atoms with van der Waals surface area (Å²) in [5.74, 6) is 1.74. The van der Waals surface area contributed by atoms with Crippen molar-refractivity contribution in [2.45, 2.75) is 145 Å². The molecule has 5 atom stereocenters. The zero-order chi connectivity index (χ0) is 51.5. The maximum Gasteiger partial charge on any atom is 0.282 e. The van der Waals surface area contributed by atoms with E-state index in [1.54, 1.807) is 22.4 Å². The van der Waals surface area contributed by atoms with Crippen LogP contribution in [0.15, 0.2) is 71.1 Å². The number of halogens is 1. The van der Waals surface area contributed by atoms with E-state index in [4.69, 9.17) is 16.6 Å². The molecule has 3 aromatic heterocycles. The summed E-state index contributed by atoms with van der Waals surface area (Å²) in [7, 11) is 0. The highest BCUT2D eigenvalue weighted by molar-refractivity contribution is 7.13. The molecule has 3 N–H and O–H groups in total. The second-order valence-electron chi connectivity index (χ2n) is 22.6. The number of thiazole rings is 1. The lowest BCUT2D eigenvalue weighted by Crippen LogP contribution is -2.47. The van der Waals surface area contributed by atoms with Gasteiger partial charge in [-0.3, -0.25) is 23.7 Å². The summed E-state index contributed by atoms with van der Waals surface area (Å²) in [6.07, 6.45) is 12.7. The number of aromatic amines is 1. The lowest BCUT2D eigenvalue weighted by molar-refractivity contribution is -0.140. The Kier molecular flexibility index (Phi) is 13.8. The first-order valence-corrected chi connectivity index (χ1v) is 28.7. The van der Waals surface area contributed by atoms with Gasteiger partial charge in [-0.15, -0.1) is 11.3 Å². The predicted octanol–water partition coefficient (Wildman–Crippen LogP) is 8.85. The number of aliphatic hydroxyl groups is 1. The summed E-state index contributed by atoms with van der Waals surface area (Å²) < 4.78 is 2.30. The van der Waals surface area contributed by atoms with Crippen LogP contribution in [0.2, 0.25) is 5.02 Å². The molecule has 3 saturated heterocycles. The number of likely N-dealkylation sites (tertiary alicyclic amines) is 3. The van der Waals surface area contributed by atoms with E-state index in [1.165, 1.54) is 17.5 Å². The van der Waals surface area contributed by atoms with E-state index in [1.807, 2.05) is 54.6 Å². The second-order valence-corrected chi connectivity index (χ2v) is 23.8. The Balaban J connectivity index is 0.625. The van der Waals surface area contributed by atoms with Crippen LogP contribution in [0.3, 0.4) is 0 Å². The van der Waals surface area contributed by atoms with Crippen molar-refractivity contribution in [1.29, 1.82) is 0 Å². The number of benzene rings is 3. The summed E-state index contributed by atoms with van der Waals surface area (Å²) in [6, 6.07) is 18.4. The van der Waals surface area contributed by atoms with Gasteiger partial charge >= 0.3 is 0 Å². The monoisotopic (exact) mass is 1050 g/mol. The average Bonchev–Trinajstić information content (AvgIpc) is 3.82. The number of piperidine rings is 2. The molecule has 0 radical (unpaired) electrons. The Morgan fingerprint density at radius 3 is 2.45 bits per heavy atom. The normalized spacial score (nSPS) is 23.1. The third kappa shape index (κ3) is 9.62. The number of carbonyl (C=O) groups excluding carboxylic acids is 3. The quantitative estimate of drug-likeness (QED) is 0.101. The van der Waals surface area contributed by atoms with Gasteiger partial charge in [0.1, 0.15) is 11.9 Å².